The molecule has 0 unspecified atom stereocenters. The first-order valence-electron chi connectivity index (χ1n) is 6.74. The number of halogens is 1. The first-order valence-corrected chi connectivity index (χ1v) is 7.28. The van der Waals surface area contributed by atoms with Gasteiger partial charge in [-0.25, -0.2) is 0 Å². The number of carbonyl (C=O) groups is 1. The lowest BCUT2D eigenvalue weighted by Crippen LogP contribution is -2.36. The van der Waals surface area contributed by atoms with Gasteiger partial charge in [-0.05, 0) is 36.5 Å². The minimum Gasteiger partial charge on any atom is -0.311 e. The summed E-state index contributed by atoms with van der Waals surface area (Å²) in [4.78, 5) is 13.5. The van der Waals surface area contributed by atoms with E-state index in [1.807, 2.05) is 18.7 Å². The Hall–Kier alpha value is -1.02. The molecule has 0 saturated heterocycles. The van der Waals surface area contributed by atoms with Crippen LogP contribution >= 0.6 is 11.6 Å². The minimum atomic E-state index is 0.00636. The van der Waals surface area contributed by atoms with Gasteiger partial charge in [-0.15, -0.1) is 11.6 Å². The van der Waals surface area contributed by atoms with Crippen LogP contribution in [-0.4, -0.2) is 18.3 Å². The number of hydrogen-bond donors (Lipinski definition) is 0. The van der Waals surface area contributed by atoms with Crippen LogP contribution < -0.4 is 4.90 Å². The molecule has 2 nitrogen and oxygen atoms in total. The SMILES string of the molecule is CC.CCc1ccc2c(c1)CCCN2C(=O)CCl. The van der Waals surface area contributed by atoms with Crippen molar-refractivity contribution in [3.8, 4) is 0 Å². The maximum Gasteiger partial charge on any atom is 0.241 e. The summed E-state index contributed by atoms with van der Waals surface area (Å²) < 4.78 is 0. The largest absolute Gasteiger partial charge is 0.311 e. The maximum absolute atomic E-state index is 11.7. The van der Waals surface area contributed by atoms with Crippen molar-refractivity contribution in [2.75, 3.05) is 17.3 Å². The van der Waals surface area contributed by atoms with E-state index in [2.05, 4.69) is 25.1 Å². The summed E-state index contributed by atoms with van der Waals surface area (Å²) in [7, 11) is 0. The fourth-order valence-corrected chi connectivity index (χ4v) is 2.35. The Bertz CT molecular complexity index is 403. The van der Waals surface area contributed by atoms with Crippen molar-refractivity contribution < 1.29 is 4.79 Å². The standard InChI is InChI=1S/C13H16ClNO.C2H6/c1-2-10-5-6-12-11(8-10)4-3-7-15(12)13(16)9-14;1-2/h5-6,8H,2-4,7,9H2,1H3;1-2H3. The van der Waals surface area contributed by atoms with Crippen molar-refractivity contribution in [3.63, 3.8) is 0 Å². The molecule has 1 amide bonds. The predicted molar refractivity (Wildman–Crippen MR) is 78.6 cm³/mol. The third-order valence-corrected chi connectivity index (χ3v) is 3.31. The number of alkyl halides is 1. The topological polar surface area (TPSA) is 20.3 Å². The Morgan fingerprint density at radius 3 is 2.72 bits per heavy atom. The summed E-state index contributed by atoms with van der Waals surface area (Å²) >= 11 is 5.62. The van der Waals surface area contributed by atoms with E-state index in [0.29, 0.717) is 0 Å². The van der Waals surface area contributed by atoms with Crippen molar-refractivity contribution in [2.45, 2.75) is 40.0 Å². The third-order valence-electron chi connectivity index (χ3n) is 3.09. The van der Waals surface area contributed by atoms with Gasteiger partial charge in [0.25, 0.3) is 0 Å². The van der Waals surface area contributed by atoms with Crippen LogP contribution in [0.2, 0.25) is 0 Å². The van der Waals surface area contributed by atoms with Crippen LogP contribution in [0.5, 0.6) is 0 Å². The van der Waals surface area contributed by atoms with Gasteiger partial charge in [0, 0.05) is 12.2 Å². The van der Waals surface area contributed by atoms with Gasteiger partial charge >= 0.3 is 0 Å². The number of fused-ring (bicyclic) bond motifs is 1. The Kier molecular flexibility index (Phi) is 6.20. The molecule has 0 atom stereocenters. The van der Waals surface area contributed by atoms with Crippen molar-refractivity contribution in [1.29, 1.82) is 0 Å². The van der Waals surface area contributed by atoms with E-state index in [4.69, 9.17) is 11.6 Å². The Labute approximate surface area is 115 Å². The average Bonchev–Trinajstić information content (AvgIpc) is 2.47. The molecule has 0 bridgehead atoms. The molecule has 0 saturated carbocycles. The van der Waals surface area contributed by atoms with Crippen molar-refractivity contribution in [2.24, 2.45) is 0 Å². The second-order valence-corrected chi connectivity index (χ2v) is 4.37. The molecular weight excluding hydrogens is 246 g/mol. The molecule has 0 aliphatic carbocycles. The zero-order chi connectivity index (χ0) is 13.5. The van der Waals surface area contributed by atoms with Crippen LogP contribution in [-0.2, 0) is 17.6 Å². The summed E-state index contributed by atoms with van der Waals surface area (Å²) in [5.41, 5.74) is 3.66. The zero-order valence-electron chi connectivity index (χ0n) is 11.5. The molecule has 0 fully saturated rings. The van der Waals surface area contributed by atoms with Crippen LogP contribution in [0.1, 0.15) is 38.3 Å². The predicted octanol–water partition coefficient (Wildman–Crippen LogP) is 3.79. The highest BCUT2D eigenvalue weighted by molar-refractivity contribution is 6.29. The van der Waals surface area contributed by atoms with E-state index in [-0.39, 0.29) is 11.8 Å². The fraction of sp³-hybridized carbons (Fsp3) is 0.533. The molecule has 3 heteroatoms. The Morgan fingerprint density at radius 1 is 1.39 bits per heavy atom. The molecule has 1 aliphatic rings. The monoisotopic (exact) mass is 267 g/mol. The molecule has 100 valence electrons. The van der Waals surface area contributed by atoms with Crippen LogP contribution in [0.3, 0.4) is 0 Å². The average molecular weight is 268 g/mol. The molecule has 2 rings (SSSR count). The van der Waals surface area contributed by atoms with E-state index in [1.165, 1.54) is 11.1 Å². The van der Waals surface area contributed by atoms with Gasteiger partial charge in [-0.1, -0.05) is 32.9 Å². The van der Waals surface area contributed by atoms with Crippen LogP contribution in [0, 0.1) is 0 Å². The molecule has 0 aromatic heterocycles. The molecule has 1 aliphatic heterocycles. The summed E-state index contributed by atoms with van der Waals surface area (Å²) in [6, 6.07) is 6.36. The summed E-state index contributed by atoms with van der Waals surface area (Å²) in [6.07, 6.45) is 3.13. The van der Waals surface area contributed by atoms with Gasteiger partial charge in [-0.2, -0.15) is 0 Å². The second kappa shape index (κ2) is 7.42. The maximum atomic E-state index is 11.7. The zero-order valence-corrected chi connectivity index (χ0v) is 12.3. The fourth-order valence-electron chi connectivity index (χ4n) is 2.20. The number of benzene rings is 1. The lowest BCUT2D eigenvalue weighted by Gasteiger charge is -2.29. The van der Waals surface area contributed by atoms with Gasteiger partial charge in [0.2, 0.25) is 5.91 Å². The van der Waals surface area contributed by atoms with Gasteiger partial charge in [0.1, 0.15) is 5.88 Å². The number of hydrogen-bond acceptors (Lipinski definition) is 1. The molecule has 1 aromatic carbocycles. The molecule has 1 heterocycles. The normalized spacial score (nSPS) is 13.4. The van der Waals surface area contributed by atoms with Gasteiger partial charge in [0.05, 0.1) is 0 Å². The van der Waals surface area contributed by atoms with E-state index in [0.717, 1.165) is 31.5 Å². The molecule has 18 heavy (non-hydrogen) atoms. The van der Waals surface area contributed by atoms with Crippen LogP contribution in [0.25, 0.3) is 0 Å². The quantitative estimate of drug-likeness (QED) is 0.747. The molecule has 0 N–H and O–H groups in total. The Balaban J connectivity index is 0.000000771. The molecule has 1 aromatic rings. The highest BCUT2D eigenvalue weighted by atomic mass is 35.5. The second-order valence-electron chi connectivity index (χ2n) is 4.10. The molecule has 0 radical (unpaired) electrons. The highest BCUT2D eigenvalue weighted by Crippen LogP contribution is 2.28. The first-order chi connectivity index (χ1) is 8.76. The number of aryl methyl sites for hydroxylation is 2. The van der Waals surface area contributed by atoms with Crippen molar-refractivity contribution in [1.82, 2.24) is 0 Å². The lowest BCUT2D eigenvalue weighted by molar-refractivity contribution is -0.116. The third kappa shape index (κ3) is 3.26. The van der Waals surface area contributed by atoms with Crippen LogP contribution in [0.15, 0.2) is 18.2 Å². The molecule has 0 spiro atoms. The smallest absolute Gasteiger partial charge is 0.241 e. The van der Waals surface area contributed by atoms with Gasteiger partial charge in [0.15, 0.2) is 0 Å². The Morgan fingerprint density at radius 2 is 2.11 bits per heavy atom. The van der Waals surface area contributed by atoms with E-state index < -0.39 is 0 Å². The van der Waals surface area contributed by atoms with Crippen molar-refractivity contribution in [3.05, 3.63) is 29.3 Å². The minimum absolute atomic E-state index is 0.00636. The number of amides is 1. The highest BCUT2D eigenvalue weighted by Gasteiger charge is 2.21. The summed E-state index contributed by atoms with van der Waals surface area (Å²) in [5.74, 6) is 0.0708. The van der Waals surface area contributed by atoms with E-state index >= 15 is 0 Å². The van der Waals surface area contributed by atoms with Gasteiger partial charge in [-0.3, -0.25) is 4.79 Å². The summed E-state index contributed by atoms with van der Waals surface area (Å²) in [6.45, 7) is 6.94. The summed E-state index contributed by atoms with van der Waals surface area (Å²) in [5, 5.41) is 0. The number of rotatable bonds is 2. The molecular formula is C15H22ClNO. The van der Waals surface area contributed by atoms with E-state index in [1.54, 1.807) is 0 Å². The lowest BCUT2D eigenvalue weighted by atomic mass is 9.98. The van der Waals surface area contributed by atoms with Gasteiger partial charge < -0.3 is 4.90 Å². The van der Waals surface area contributed by atoms with E-state index in [9.17, 15) is 4.79 Å². The number of anilines is 1. The van der Waals surface area contributed by atoms with Crippen molar-refractivity contribution >= 4 is 23.2 Å². The number of carbonyl (C=O) groups excluding carboxylic acids is 1. The first kappa shape index (κ1) is 15.0. The van der Waals surface area contributed by atoms with Crippen LogP contribution in [0.4, 0.5) is 5.69 Å². The number of nitrogens with zero attached hydrogens (tertiary/aromatic N) is 1.